The van der Waals surface area contributed by atoms with Gasteiger partial charge in [0.15, 0.2) is 0 Å². The van der Waals surface area contributed by atoms with Crippen molar-refractivity contribution in [2.45, 2.75) is 27.7 Å². The van der Waals surface area contributed by atoms with Crippen LogP contribution in [0.4, 0.5) is 5.95 Å². The molecule has 1 N–H and O–H groups in total. The monoisotopic (exact) mass is 273 g/mol. The first-order valence-corrected chi connectivity index (χ1v) is 7.13. The highest BCUT2D eigenvalue weighted by molar-refractivity contribution is 5.45. The molecule has 0 saturated carbocycles. The fourth-order valence-electron chi connectivity index (χ4n) is 1.98. The first kappa shape index (κ1) is 14.4. The maximum Gasteiger partial charge on any atom is 0.207 e. The Morgan fingerprint density at radius 2 is 1.95 bits per heavy atom. The van der Waals surface area contributed by atoms with Gasteiger partial charge in [0.05, 0.1) is 12.3 Å². The molecule has 1 heterocycles. The quantitative estimate of drug-likeness (QED) is 0.873. The van der Waals surface area contributed by atoms with E-state index in [9.17, 15) is 0 Å². The van der Waals surface area contributed by atoms with E-state index in [1.807, 2.05) is 44.3 Å². The lowest BCUT2D eigenvalue weighted by molar-refractivity contribution is 0.340. The van der Waals surface area contributed by atoms with E-state index in [-0.39, 0.29) is 0 Å². The van der Waals surface area contributed by atoms with E-state index in [0.29, 0.717) is 12.5 Å². The minimum Gasteiger partial charge on any atom is -0.494 e. The van der Waals surface area contributed by atoms with Gasteiger partial charge in [0.25, 0.3) is 0 Å². The van der Waals surface area contributed by atoms with Gasteiger partial charge in [0.2, 0.25) is 5.95 Å². The molecule has 0 aliphatic carbocycles. The molecule has 0 unspecified atom stereocenters. The summed E-state index contributed by atoms with van der Waals surface area (Å²) in [6.45, 7) is 9.96. The summed E-state index contributed by atoms with van der Waals surface area (Å²) in [7, 11) is 0. The van der Waals surface area contributed by atoms with E-state index in [2.05, 4.69) is 28.7 Å². The van der Waals surface area contributed by atoms with Crippen molar-refractivity contribution in [2.24, 2.45) is 5.92 Å². The van der Waals surface area contributed by atoms with Crippen LogP contribution in [0, 0.1) is 12.8 Å². The average molecular weight is 273 g/mol. The molecule has 2 aromatic rings. The van der Waals surface area contributed by atoms with Crippen LogP contribution in [0.15, 0.2) is 30.5 Å². The summed E-state index contributed by atoms with van der Waals surface area (Å²) in [5.74, 6) is 2.37. The van der Waals surface area contributed by atoms with Crippen LogP contribution in [0.3, 0.4) is 0 Å². The zero-order valence-electron chi connectivity index (χ0n) is 12.7. The lowest BCUT2D eigenvalue weighted by atomic mass is 10.2. The number of aromatic nitrogens is 2. The van der Waals surface area contributed by atoms with Crippen molar-refractivity contribution in [3.63, 3.8) is 0 Å². The molecule has 0 spiro atoms. The molecule has 108 valence electrons. The zero-order chi connectivity index (χ0) is 14.5. The molecule has 0 saturated heterocycles. The third-order valence-corrected chi connectivity index (χ3v) is 2.92. The van der Waals surface area contributed by atoms with Crippen molar-refractivity contribution < 1.29 is 4.74 Å². The Morgan fingerprint density at radius 3 is 2.55 bits per heavy atom. The van der Waals surface area contributed by atoms with Crippen LogP contribution < -0.4 is 10.1 Å². The van der Waals surface area contributed by atoms with Gasteiger partial charge in [0, 0.05) is 18.4 Å². The Morgan fingerprint density at radius 1 is 1.25 bits per heavy atom. The predicted molar refractivity (Wildman–Crippen MR) is 82.8 cm³/mol. The minimum absolute atomic E-state index is 0.584. The first-order chi connectivity index (χ1) is 9.60. The Kier molecular flexibility index (Phi) is 4.66. The van der Waals surface area contributed by atoms with E-state index < -0.39 is 0 Å². The fraction of sp³-hybridized carbons (Fsp3) is 0.438. The van der Waals surface area contributed by atoms with Crippen LogP contribution in [0.1, 0.15) is 26.5 Å². The smallest absolute Gasteiger partial charge is 0.207 e. The van der Waals surface area contributed by atoms with Gasteiger partial charge in [0.1, 0.15) is 5.75 Å². The number of nitrogens with one attached hydrogen (secondary N) is 1. The highest BCUT2D eigenvalue weighted by atomic mass is 16.5. The molecule has 4 nitrogen and oxygen atoms in total. The van der Waals surface area contributed by atoms with Gasteiger partial charge in [-0.1, -0.05) is 13.8 Å². The van der Waals surface area contributed by atoms with Crippen molar-refractivity contribution in [2.75, 3.05) is 18.5 Å². The number of ether oxygens (including phenoxy) is 1. The molecule has 0 aliphatic rings. The molecule has 1 aromatic heterocycles. The van der Waals surface area contributed by atoms with Crippen LogP contribution in [-0.2, 0) is 0 Å². The molecule has 1 aromatic carbocycles. The number of aryl methyl sites for hydroxylation is 1. The van der Waals surface area contributed by atoms with Gasteiger partial charge in [-0.25, -0.2) is 4.98 Å². The number of nitrogens with zero attached hydrogens (tertiary/aromatic N) is 2. The first-order valence-electron chi connectivity index (χ1n) is 7.13. The number of imidazole rings is 1. The standard InChI is InChI=1S/C16H23N3O/c1-5-20-15-8-6-14(7-9-15)19-11-13(4)18-16(19)17-10-12(2)3/h6-9,11-12H,5,10H2,1-4H3,(H,17,18). The molecular weight excluding hydrogens is 250 g/mol. The number of benzene rings is 1. The number of hydrogen-bond donors (Lipinski definition) is 1. The fourth-order valence-corrected chi connectivity index (χ4v) is 1.98. The Balaban J connectivity index is 2.22. The van der Waals surface area contributed by atoms with Crippen LogP contribution in [0.5, 0.6) is 5.75 Å². The van der Waals surface area contributed by atoms with Crippen LogP contribution in [0.25, 0.3) is 5.69 Å². The summed E-state index contributed by atoms with van der Waals surface area (Å²) in [6.07, 6.45) is 2.04. The summed E-state index contributed by atoms with van der Waals surface area (Å²) in [5.41, 5.74) is 2.09. The van der Waals surface area contributed by atoms with Crippen molar-refractivity contribution in [3.8, 4) is 11.4 Å². The van der Waals surface area contributed by atoms with Crippen LogP contribution >= 0.6 is 0 Å². The second kappa shape index (κ2) is 6.46. The van der Waals surface area contributed by atoms with Gasteiger partial charge in [-0.3, -0.25) is 4.57 Å². The van der Waals surface area contributed by atoms with E-state index in [0.717, 1.165) is 29.6 Å². The molecule has 0 atom stereocenters. The Labute approximate surface area is 120 Å². The van der Waals surface area contributed by atoms with Crippen molar-refractivity contribution in [3.05, 3.63) is 36.2 Å². The van der Waals surface area contributed by atoms with Crippen LogP contribution in [0.2, 0.25) is 0 Å². The highest BCUT2D eigenvalue weighted by Gasteiger charge is 2.08. The molecule has 0 radical (unpaired) electrons. The topological polar surface area (TPSA) is 39.1 Å². The van der Waals surface area contributed by atoms with Gasteiger partial charge in [-0.2, -0.15) is 0 Å². The second-order valence-corrected chi connectivity index (χ2v) is 5.28. The van der Waals surface area contributed by atoms with Gasteiger partial charge >= 0.3 is 0 Å². The lowest BCUT2D eigenvalue weighted by Gasteiger charge is -2.12. The van der Waals surface area contributed by atoms with Gasteiger partial charge in [-0.05, 0) is 44.0 Å². The van der Waals surface area contributed by atoms with Gasteiger partial charge in [-0.15, -0.1) is 0 Å². The molecule has 20 heavy (non-hydrogen) atoms. The molecule has 4 heteroatoms. The maximum absolute atomic E-state index is 5.47. The average Bonchev–Trinajstić information content (AvgIpc) is 2.79. The largest absolute Gasteiger partial charge is 0.494 e. The molecular formula is C16H23N3O. The van der Waals surface area contributed by atoms with E-state index in [4.69, 9.17) is 4.74 Å². The normalized spacial score (nSPS) is 10.8. The highest BCUT2D eigenvalue weighted by Crippen LogP contribution is 2.20. The number of rotatable bonds is 6. The summed E-state index contributed by atoms with van der Waals surface area (Å²) in [4.78, 5) is 4.54. The summed E-state index contributed by atoms with van der Waals surface area (Å²) >= 11 is 0. The second-order valence-electron chi connectivity index (χ2n) is 5.28. The molecule has 0 aliphatic heterocycles. The third kappa shape index (κ3) is 3.53. The summed E-state index contributed by atoms with van der Waals surface area (Å²) < 4.78 is 7.55. The SMILES string of the molecule is CCOc1ccc(-n2cc(C)nc2NCC(C)C)cc1. The van der Waals surface area contributed by atoms with E-state index in [1.165, 1.54) is 0 Å². The summed E-state index contributed by atoms with van der Waals surface area (Å²) in [6, 6.07) is 8.07. The summed E-state index contributed by atoms with van der Waals surface area (Å²) in [5, 5.41) is 3.39. The third-order valence-electron chi connectivity index (χ3n) is 2.92. The number of hydrogen-bond acceptors (Lipinski definition) is 3. The predicted octanol–water partition coefficient (Wildman–Crippen LogP) is 3.65. The Hall–Kier alpha value is -1.97. The van der Waals surface area contributed by atoms with Crippen molar-refractivity contribution >= 4 is 5.95 Å². The molecule has 0 amide bonds. The Bertz CT molecular complexity index is 543. The molecule has 0 bridgehead atoms. The molecule has 0 fully saturated rings. The maximum atomic E-state index is 5.47. The van der Waals surface area contributed by atoms with Gasteiger partial charge < -0.3 is 10.1 Å². The molecule has 2 rings (SSSR count). The van der Waals surface area contributed by atoms with E-state index >= 15 is 0 Å². The van der Waals surface area contributed by atoms with Crippen molar-refractivity contribution in [1.29, 1.82) is 0 Å². The number of anilines is 1. The van der Waals surface area contributed by atoms with Crippen LogP contribution in [-0.4, -0.2) is 22.7 Å². The lowest BCUT2D eigenvalue weighted by Crippen LogP contribution is -2.12. The van der Waals surface area contributed by atoms with Crippen molar-refractivity contribution in [1.82, 2.24) is 9.55 Å². The zero-order valence-corrected chi connectivity index (χ0v) is 12.7. The minimum atomic E-state index is 0.584. The van der Waals surface area contributed by atoms with E-state index in [1.54, 1.807) is 0 Å².